The third kappa shape index (κ3) is 2.54. The molecule has 0 saturated heterocycles. The van der Waals surface area contributed by atoms with Gasteiger partial charge in [-0.3, -0.25) is 10.1 Å². The number of fused-ring (bicyclic) bond motifs is 3. The van der Waals surface area contributed by atoms with E-state index in [2.05, 4.69) is 11.4 Å². The topological polar surface area (TPSA) is 64.4 Å². The van der Waals surface area contributed by atoms with Crippen LogP contribution in [-0.2, 0) is 0 Å². The molecular formula is C19H16Cl2N2O3. The van der Waals surface area contributed by atoms with Crippen molar-refractivity contribution < 1.29 is 9.66 Å². The van der Waals surface area contributed by atoms with Gasteiger partial charge in [-0.2, -0.15) is 0 Å². The highest BCUT2D eigenvalue weighted by Crippen LogP contribution is 2.55. The van der Waals surface area contributed by atoms with Gasteiger partial charge in [-0.1, -0.05) is 47.5 Å². The van der Waals surface area contributed by atoms with E-state index in [-0.39, 0.29) is 28.5 Å². The second-order valence-corrected chi connectivity index (χ2v) is 7.24. The number of nitro benzene ring substituents is 1. The van der Waals surface area contributed by atoms with Crippen LogP contribution < -0.4 is 10.1 Å². The maximum Gasteiger partial charge on any atom is 0.275 e. The number of allylic oxidation sites excluding steroid dienone is 2. The predicted octanol–water partition coefficient (Wildman–Crippen LogP) is 5.74. The lowest BCUT2D eigenvalue weighted by atomic mass is 9.76. The van der Waals surface area contributed by atoms with E-state index in [9.17, 15) is 10.1 Å². The second-order valence-electron chi connectivity index (χ2n) is 6.45. The number of nitro groups is 1. The van der Waals surface area contributed by atoms with E-state index in [0.29, 0.717) is 27.0 Å². The van der Waals surface area contributed by atoms with Crippen molar-refractivity contribution in [1.82, 2.24) is 0 Å². The van der Waals surface area contributed by atoms with Gasteiger partial charge in [0.05, 0.1) is 39.4 Å². The van der Waals surface area contributed by atoms with Crippen molar-refractivity contribution in [1.29, 1.82) is 0 Å². The van der Waals surface area contributed by atoms with Crippen molar-refractivity contribution in [3.05, 3.63) is 73.8 Å². The highest BCUT2D eigenvalue weighted by molar-refractivity contribution is 6.42. The molecule has 4 rings (SSSR count). The molecule has 26 heavy (non-hydrogen) atoms. The van der Waals surface area contributed by atoms with Crippen molar-refractivity contribution in [2.24, 2.45) is 5.92 Å². The predicted molar refractivity (Wildman–Crippen MR) is 102 cm³/mol. The van der Waals surface area contributed by atoms with Crippen LogP contribution in [0.2, 0.25) is 10.0 Å². The average molecular weight is 391 g/mol. The normalized spacial score (nSPS) is 23.1. The minimum absolute atomic E-state index is 0.0817. The molecule has 0 radical (unpaired) electrons. The Hall–Kier alpha value is -2.24. The minimum Gasteiger partial charge on any atom is -0.495 e. The van der Waals surface area contributed by atoms with Gasteiger partial charge in [0.25, 0.3) is 5.69 Å². The summed E-state index contributed by atoms with van der Waals surface area (Å²) in [6.07, 6.45) is 4.92. The fraction of sp³-hybridized carbons (Fsp3) is 0.263. The third-order valence-corrected chi connectivity index (χ3v) is 6.03. The Balaban J connectivity index is 1.92. The zero-order valence-corrected chi connectivity index (χ0v) is 15.4. The minimum atomic E-state index is -0.337. The van der Waals surface area contributed by atoms with Crippen LogP contribution in [0.15, 0.2) is 42.5 Å². The molecule has 0 bridgehead atoms. The van der Waals surface area contributed by atoms with Crippen molar-refractivity contribution in [3.63, 3.8) is 0 Å². The summed E-state index contributed by atoms with van der Waals surface area (Å²) in [5.74, 6) is 0.610. The Morgan fingerprint density at radius 3 is 2.81 bits per heavy atom. The first-order chi connectivity index (χ1) is 12.5. The van der Waals surface area contributed by atoms with E-state index in [1.807, 2.05) is 18.2 Å². The third-order valence-electron chi connectivity index (χ3n) is 5.19. The lowest BCUT2D eigenvalue weighted by Gasteiger charge is -2.38. The molecule has 5 nitrogen and oxygen atoms in total. The molecule has 0 fully saturated rings. The first-order valence-electron chi connectivity index (χ1n) is 8.25. The van der Waals surface area contributed by atoms with Gasteiger partial charge in [0.1, 0.15) is 5.75 Å². The largest absolute Gasteiger partial charge is 0.495 e. The zero-order valence-electron chi connectivity index (χ0n) is 13.9. The number of anilines is 1. The summed E-state index contributed by atoms with van der Waals surface area (Å²) in [4.78, 5) is 11.2. The molecule has 134 valence electrons. The summed E-state index contributed by atoms with van der Waals surface area (Å²) in [5.41, 5.74) is 2.31. The highest BCUT2D eigenvalue weighted by atomic mass is 35.5. The Labute approximate surface area is 160 Å². The van der Waals surface area contributed by atoms with E-state index >= 15 is 0 Å². The van der Waals surface area contributed by atoms with Crippen molar-refractivity contribution in [3.8, 4) is 5.75 Å². The summed E-state index contributed by atoms with van der Waals surface area (Å²) in [6.45, 7) is 0. The van der Waals surface area contributed by atoms with Crippen LogP contribution in [0.5, 0.6) is 5.75 Å². The fourth-order valence-electron chi connectivity index (χ4n) is 4.06. The van der Waals surface area contributed by atoms with Gasteiger partial charge in [-0.05, 0) is 30.0 Å². The molecule has 2 aromatic carbocycles. The molecule has 7 heteroatoms. The molecule has 0 saturated carbocycles. The molecular weight excluding hydrogens is 375 g/mol. The van der Waals surface area contributed by atoms with Gasteiger partial charge >= 0.3 is 0 Å². The van der Waals surface area contributed by atoms with Crippen molar-refractivity contribution >= 4 is 34.6 Å². The van der Waals surface area contributed by atoms with Crippen LogP contribution in [0.25, 0.3) is 0 Å². The summed E-state index contributed by atoms with van der Waals surface area (Å²) >= 11 is 12.7. The van der Waals surface area contributed by atoms with Crippen LogP contribution in [-0.4, -0.2) is 12.0 Å². The molecule has 0 aromatic heterocycles. The molecule has 1 heterocycles. The van der Waals surface area contributed by atoms with Crippen LogP contribution >= 0.6 is 23.2 Å². The molecule has 1 aliphatic heterocycles. The lowest BCUT2D eigenvalue weighted by molar-refractivity contribution is -0.385. The van der Waals surface area contributed by atoms with Gasteiger partial charge in [-0.15, -0.1) is 0 Å². The van der Waals surface area contributed by atoms with Crippen molar-refractivity contribution in [2.75, 3.05) is 12.4 Å². The number of hydrogen-bond donors (Lipinski definition) is 1. The van der Waals surface area contributed by atoms with Crippen LogP contribution in [0.3, 0.4) is 0 Å². The molecule has 1 N–H and O–H groups in total. The number of benzene rings is 2. The van der Waals surface area contributed by atoms with E-state index in [1.165, 1.54) is 6.07 Å². The van der Waals surface area contributed by atoms with Gasteiger partial charge in [0.15, 0.2) is 0 Å². The van der Waals surface area contributed by atoms with Gasteiger partial charge in [0, 0.05) is 12.0 Å². The average Bonchev–Trinajstić information content (AvgIpc) is 3.12. The Bertz CT molecular complexity index is 929. The Kier molecular flexibility index (Phi) is 4.29. The second kappa shape index (κ2) is 6.49. The Morgan fingerprint density at radius 1 is 1.27 bits per heavy atom. The molecule has 2 aromatic rings. The lowest BCUT2D eigenvalue weighted by Crippen LogP contribution is -2.30. The van der Waals surface area contributed by atoms with Gasteiger partial charge in [0.2, 0.25) is 0 Å². The quantitative estimate of drug-likeness (QED) is 0.412. The molecule has 0 unspecified atom stereocenters. The molecule has 3 atom stereocenters. The zero-order chi connectivity index (χ0) is 18.4. The number of nitrogens with zero attached hydrogens (tertiary/aromatic N) is 1. The number of nitrogens with one attached hydrogen (secondary N) is 1. The molecule has 1 aliphatic carbocycles. The van der Waals surface area contributed by atoms with E-state index < -0.39 is 0 Å². The van der Waals surface area contributed by atoms with Crippen LogP contribution in [0.1, 0.15) is 29.5 Å². The Morgan fingerprint density at radius 2 is 2.08 bits per heavy atom. The van der Waals surface area contributed by atoms with E-state index in [1.54, 1.807) is 19.2 Å². The summed E-state index contributed by atoms with van der Waals surface area (Å²) in [7, 11) is 1.56. The molecule has 0 spiro atoms. The number of rotatable bonds is 3. The highest BCUT2D eigenvalue weighted by Gasteiger charge is 2.43. The van der Waals surface area contributed by atoms with Gasteiger partial charge in [-0.25, -0.2) is 0 Å². The number of methoxy groups -OCH3 is 1. The van der Waals surface area contributed by atoms with E-state index in [4.69, 9.17) is 27.9 Å². The molecule has 2 aliphatic rings. The maximum absolute atomic E-state index is 11.6. The summed E-state index contributed by atoms with van der Waals surface area (Å²) in [6, 6.07) is 8.57. The standard InChI is InChI=1S/C19H16Cl2N2O3/c1-26-15-9-8-14(23(24)25)16-10-4-2-5-11(10)18(22-19(15)16)12-6-3-7-13(20)17(12)21/h2-4,6-11,18,22H,5H2,1H3/t10-,11-,18-/m0/s1. The van der Waals surface area contributed by atoms with Gasteiger partial charge < -0.3 is 10.1 Å². The monoisotopic (exact) mass is 390 g/mol. The van der Waals surface area contributed by atoms with Crippen molar-refractivity contribution in [2.45, 2.75) is 18.4 Å². The van der Waals surface area contributed by atoms with E-state index in [0.717, 1.165) is 12.0 Å². The number of halogens is 2. The maximum atomic E-state index is 11.6. The SMILES string of the molecule is COc1ccc([N+](=O)[O-])c2c1N[C@H](c1cccc(Cl)c1Cl)[C@H]1CC=C[C@H]21. The number of ether oxygens (including phenoxy) is 1. The fourth-order valence-corrected chi connectivity index (χ4v) is 4.49. The summed E-state index contributed by atoms with van der Waals surface area (Å²) < 4.78 is 5.47. The number of hydrogen-bond acceptors (Lipinski definition) is 4. The smallest absolute Gasteiger partial charge is 0.275 e. The first-order valence-corrected chi connectivity index (χ1v) is 9.01. The molecule has 0 amide bonds. The van der Waals surface area contributed by atoms with Crippen LogP contribution in [0.4, 0.5) is 11.4 Å². The summed E-state index contributed by atoms with van der Waals surface area (Å²) in [5, 5.41) is 16.0. The first kappa shape index (κ1) is 17.2. The van der Waals surface area contributed by atoms with Crippen LogP contribution in [0, 0.1) is 16.0 Å².